The van der Waals surface area contributed by atoms with Crippen LogP contribution in [0.4, 0.5) is 0 Å². The van der Waals surface area contributed by atoms with Gasteiger partial charge in [0.25, 0.3) is 5.91 Å². The van der Waals surface area contributed by atoms with E-state index in [0.717, 1.165) is 24.2 Å². The van der Waals surface area contributed by atoms with Crippen molar-refractivity contribution in [2.24, 2.45) is 0 Å². The van der Waals surface area contributed by atoms with Gasteiger partial charge in [0.2, 0.25) is 0 Å². The Balaban J connectivity index is 1.60. The van der Waals surface area contributed by atoms with E-state index in [4.69, 9.17) is 4.74 Å². The topological polar surface area (TPSA) is 38.3 Å². The highest BCUT2D eigenvalue weighted by Crippen LogP contribution is 2.29. The lowest BCUT2D eigenvalue weighted by Crippen LogP contribution is -2.31. The minimum Gasteiger partial charge on any atom is -0.483 e. The van der Waals surface area contributed by atoms with Crippen molar-refractivity contribution >= 4 is 5.91 Å². The van der Waals surface area contributed by atoms with E-state index < -0.39 is 0 Å². The van der Waals surface area contributed by atoms with Gasteiger partial charge in [0, 0.05) is 0 Å². The van der Waals surface area contributed by atoms with Crippen molar-refractivity contribution in [3.05, 3.63) is 64.2 Å². The SMILES string of the molecule is Cc1ccc(C(C)NC(=O)COc2cccc3c2CCCC3)c(C)c1. The molecule has 0 bridgehead atoms. The van der Waals surface area contributed by atoms with Crippen LogP contribution in [0.25, 0.3) is 0 Å². The summed E-state index contributed by atoms with van der Waals surface area (Å²) in [5.41, 5.74) is 6.23. The van der Waals surface area contributed by atoms with Crippen LogP contribution in [0.1, 0.15) is 53.6 Å². The summed E-state index contributed by atoms with van der Waals surface area (Å²) in [4.78, 5) is 12.3. The Bertz CT molecular complexity index is 767. The van der Waals surface area contributed by atoms with Gasteiger partial charge < -0.3 is 10.1 Å². The minimum absolute atomic E-state index is 0.0265. The van der Waals surface area contributed by atoms with E-state index in [-0.39, 0.29) is 18.6 Å². The number of rotatable bonds is 5. The van der Waals surface area contributed by atoms with Crippen LogP contribution in [0, 0.1) is 13.8 Å². The molecule has 0 heterocycles. The number of carbonyl (C=O) groups is 1. The zero-order chi connectivity index (χ0) is 17.8. The molecule has 1 atom stereocenters. The van der Waals surface area contributed by atoms with Gasteiger partial charge >= 0.3 is 0 Å². The van der Waals surface area contributed by atoms with Crippen LogP contribution in [0.5, 0.6) is 5.75 Å². The highest BCUT2D eigenvalue weighted by Gasteiger charge is 2.16. The molecule has 1 amide bonds. The molecule has 0 aromatic heterocycles. The number of nitrogens with one attached hydrogen (secondary N) is 1. The molecule has 0 saturated heterocycles. The average Bonchev–Trinajstić information content (AvgIpc) is 2.59. The van der Waals surface area contributed by atoms with Gasteiger partial charge in [-0.2, -0.15) is 0 Å². The molecule has 3 rings (SSSR count). The molecule has 2 aromatic carbocycles. The number of amides is 1. The lowest BCUT2D eigenvalue weighted by molar-refractivity contribution is -0.123. The van der Waals surface area contributed by atoms with Crippen LogP contribution >= 0.6 is 0 Å². The van der Waals surface area contributed by atoms with E-state index in [9.17, 15) is 4.79 Å². The molecule has 0 aliphatic heterocycles. The summed E-state index contributed by atoms with van der Waals surface area (Å²) < 4.78 is 5.84. The average molecular weight is 337 g/mol. The van der Waals surface area contributed by atoms with Crippen LogP contribution < -0.4 is 10.1 Å². The first-order valence-corrected chi connectivity index (χ1v) is 9.14. The smallest absolute Gasteiger partial charge is 0.258 e. The number of hydrogen-bond acceptors (Lipinski definition) is 2. The van der Waals surface area contributed by atoms with Crippen molar-refractivity contribution in [1.29, 1.82) is 0 Å². The van der Waals surface area contributed by atoms with Crippen LogP contribution in [0.3, 0.4) is 0 Å². The second kappa shape index (κ2) is 7.73. The molecule has 1 aliphatic carbocycles. The Labute approximate surface area is 150 Å². The van der Waals surface area contributed by atoms with Gasteiger partial charge in [-0.1, -0.05) is 35.9 Å². The molecule has 132 valence electrons. The van der Waals surface area contributed by atoms with Crippen molar-refractivity contribution in [2.45, 2.75) is 52.5 Å². The van der Waals surface area contributed by atoms with Gasteiger partial charge in [0.15, 0.2) is 6.61 Å². The van der Waals surface area contributed by atoms with Crippen molar-refractivity contribution in [1.82, 2.24) is 5.32 Å². The summed E-state index contributed by atoms with van der Waals surface area (Å²) in [6.45, 7) is 6.23. The Hall–Kier alpha value is -2.29. The predicted octanol–water partition coefficient (Wildman–Crippen LogP) is 4.44. The number of benzene rings is 2. The molecule has 2 aromatic rings. The molecule has 0 fully saturated rings. The third kappa shape index (κ3) is 4.22. The Morgan fingerprint density at radius 3 is 2.76 bits per heavy atom. The molecular formula is C22H27NO2. The summed E-state index contributed by atoms with van der Waals surface area (Å²) in [7, 11) is 0. The van der Waals surface area contributed by atoms with Gasteiger partial charge in [0.1, 0.15) is 5.75 Å². The molecular weight excluding hydrogens is 310 g/mol. The fraction of sp³-hybridized carbons (Fsp3) is 0.409. The van der Waals surface area contributed by atoms with Gasteiger partial charge in [-0.25, -0.2) is 0 Å². The van der Waals surface area contributed by atoms with Gasteiger partial charge in [0.05, 0.1) is 6.04 Å². The monoisotopic (exact) mass is 337 g/mol. The Morgan fingerprint density at radius 2 is 1.96 bits per heavy atom. The second-order valence-corrected chi connectivity index (χ2v) is 7.04. The molecule has 0 spiro atoms. The van der Waals surface area contributed by atoms with Crippen LogP contribution in [-0.2, 0) is 17.6 Å². The van der Waals surface area contributed by atoms with E-state index >= 15 is 0 Å². The standard InChI is InChI=1S/C22H27NO2/c1-15-11-12-19(16(2)13-15)17(3)23-22(24)14-25-21-10-6-8-18-7-4-5-9-20(18)21/h6,8,10-13,17H,4-5,7,9,14H2,1-3H3,(H,23,24). The van der Waals surface area contributed by atoms with Gasteiger partial charge in [-0.3, -0.25) is 4.79 Å². The van der Waals surface area contributed by atoms with E-state index in [0.29, 0.717) is 0 Å². The van der Waals surface area contributed by atoms with Crippen molar-refractivity contribution in [2.75, 3.05) is 6.61 Å². The molecule has 0 saturated carbocycles. The largest absolute Gasteiger partial charge is 0.483 e. The number of ether oxygens (including phenoxy) is 1. The van der Waals surface area contributed by atoms with Crippen molar-refractivity contribution < 1.29 is 9.53 Å². The molecule has 1 aliphatic rings. The molecule has 0 radical (unpaired) electrons. The third-order valence-electron chi connectivity index (χ3n) is 4.98. The second-order valence-electron chi connectivity index (χ2n) is 7.04. The zero-order valence-corrected chi connectivity index (χ0v) is 15.4. The maximum absolute atomic E-state index is 12.3. The number of hydrogen-bond donors (Lipinski definition) is 1. The maximum Gasteiger partial charge on any atom is 0.258 e. The highest BCUT2D eigenvalue weighted by molar-refractivity contribution is 5.78. The fourth-order valence-electron chi connectivity index (χ4n) is 3.70. The maximum atomic E-state index is 12.3. The molecule has 3 nitrogen and oxygen atoms in total. The third-order valence-corrected chi connectivity index (χ3v) is 4.98. The van der Waals surface area contributed by atoms with Crippen molar-refractivity contribution in [3.8, 4) is 5.75 Å². The van der Waals surface area contributed by atoms with Gasteiger partial charge in [-0.05, 0) is 74.8 Å². The summed E-state index contributed by atoms with van der Waals surface area (Å²) in [5, 5.41) is 3.04. The molecule has 3 heteroatoms. The Morgan fingerprint density at radius 1 is 1.16 bits per heavy atom. The summed E-state index contributed by atoms with van der Waals surface area (Å²) in [6, 6.07) is 12.5. The fourth-order valence-corrected chi connectivity index (χ4v) is 3.70. The minimum atomic E-state index is -0.0825. The van der Waals surface area contributed by atoms with E-state index in [1.165, 1.54) is 35.1 Å². The molecule has 1 unspecified atom stereocenters. The first-order chi connectivity index (χ1) is 12.0. The van der Waals surface area contributed by atoms with Crippen LogP contribution in [0.15, 0.2) is 36.4 Å². The van der Waals surface area contributed by atoms with Gasteiger partial charge in [-0.15, -0.1) is 0 Å². The highest BCUT2D eigenvalue weighted by atomic mass is 16.5. The summed E-state index contributed by atoms with van der Waals surface area (Å²) in [5.74, 6) is 0.785. The normalized spacial score (nSPS) is 14.5. The first-order valence-electron chi connectivity index (χ1n) is 9.14. The van der Waals surface area contributed by atoms with E-state index in [1.54, 1.807) is 0 Å². The number of carbonyl (C=O) groups excluding carboxylic acids is 1. The Kier molecular flexibility index (Phi) is 5.42. The van der Waals surface area contributed by atoms with Crippen LogP contribution in [0.2, 0.25) is 0 Å². The molecule has 25 heavy (non-hydrogen) atoms. The predicted molar refractivity (Wildman–Crippen MR) is 101 cm³/mol. The lowest BCUT2D eigenvalue weighted by Gasteiger charge is -2.20. The summed E-state index contributed by atoms with van der Waals surface area (Å²) in [6.07, 6.45) is 4.60. The first kappa shape index (κ1) is 17.5. The number of fused-ring (bicyclic) bond motifs is 1. The van der Waals surface area contributed by atoms with E-state index in [2.05, 4.69) is 43.4 Å². The zero-order valence-electron chi connectivity index (χ0n) is 15.4. The summed E-state index contributed by atoms with van der Waals surface area (Å²) >= 11 is 0. The van der Waals surface area contributed by atoms with Crippen molar-refractivity contribution in [3.63, 3.8) is 0 Å². The number of aryl methyl sites for hydroxylation is 3. The molecule has 1 N–H and O–H groups in total. The quantitative estimate of drug-likeness (QED) is 0.876. The lowest BCUT2D eigenvalue weighted by atomic mass is 9.91. The van der Waals surface area contributed by atoms with Crippen LogP contribution in [-0.4, -0.2) is 12.5 Å². The van der Waals surface area contributed by atoms with E-state index in [1.807, 2.05) is 19.1 Å².